The Kier molecular flexibility index (Phi) is 4.96. The van der Waals surface area contributed by atoms with E-state index in [0.717, 1.165) is 6.42 Å². The van der Waals surface area contributed by atoms with E-state index in [4.69, 9.17) is 0 Å². The standard InChI is InChI=1S/C13H10.C12H8S3/c1-4-10-6-2-8-12-9-3-7-11(5-1)13(10)12;1-3-10(13-6-1)9-5-8-15-12(9)11-4-2-7-14-11/h1-8H,9H2;1-8H. The summed E-state index contributed by atoms with van der Waals surface area (Å²) in [7, 11) is 0. The van der Waals surface area contributed by atoms with Crippen LogP contribution < -0.4 is 0 Å². The highest BCUT2D eigenvalue weighted by atomic mass is 32.1. The SMILES string of the molecule is C1=Cc2cccc3cccc(c23)C1.c1csc(-c2ccsc2-c2cccs2)c1. The molecule has 0 radical (unpaired) electrons. The third kappa shape index (κ3) is 3.37. The Labute approximate surface area is 177 Å². The number of rotatable bonds is 2. The van der Waals surface area contributed by atoms with E-state index in [2.05, 4.69) is 95.0 Å². The molecule has 1 aliphatic rings. The van der Waals surface area contributed by atoms with Crippen LogP contribution in [-0.2, 0) is 6.42 Å². The zero-order valence-electron chi connectivity index (χ0n) is 15.2. The van der Waals surface area contributed by atoms with E-state index in [1.54, 1.807) is 11.3 Å². The van der Waals surface area contributed by atoms with Gasteiger partial charge in [0.05, 0.1) is 4.88 Å². The molecule has 0 amide bonds. The summed E-state index contributed by atoms with van der Waals surface area (Å²) in [6.45, 7) is 0. The Morgan fingerprint density at radius 2 is 1.43 bits per heavy atom. The quantitative estimate of drug-likeness (QED) is 0.271. The van der Waals surface area contributed by atoms with Gasteiger partial charge in [-0.2, -0.15) is 0 Å². The van der Waals surface area contributed by atoms with Crippen LogP contribution in [-0.4, -0.2) is 0 Å². The Morgan fingerprint density at radius 1 is 0.643 bits per heavy atom. The van der Waals surface area contributed by atoms with Crippen LogP contribution in [0.4, 0.5) is 0 Å². The van der Waals surface area contributed by atoms with Crippen molar-refractivity contribution in [3.05, 3.63) is 100 Å². The predicted octanol–water partition coefficient (Wildman–Crippen LogP) is 8.61. The van der Waals surface area contributed by atoms with Gasteiger partial charge >= 0.3 is 0 Å². The molecule has 0 saturated heterocycles. The number of hydrogen-bond acceptors (Lipinski definition) is 3. The van der Waals surface area contributed by atoms with Crippen molar-refractivity contribution in [1.82, 2.24) is 0 Å². The van der Waals surface area contributed by atoms with Crippen molar-refractivity contribution in [2.45, 2.75) is 6.42 Å². The van der Waals surface area contributed by atoms with Crippen molar-refractivity contribution >= 4 is 50.9 Å². The second-order valence-corrected chi connectivity index (χ2v) is 9.40. The first kappa shape index (κ1) is 17.6. The number of allylic oxidation sites excluding steroid dienone is 1. The summed E-state index contributed by atoms with van der Waals surface area (Å²) in [6.07, 6.45) is 5.53. The summed E-state index contributed by atoms with van der Waals surface area (Å²) < 4.78 is 0. The summed E-state index contributed by atoms with van der Waals surface area (Å²) in [5, 5.41) is 9.23. The molecule has 2 aromatic carbocycles. The summed E-state index contributed by atoms with van der Waals surface area (Å²) in [6, 6.07) is 23.8. The Hall–Kier alpha value is -2.46. The summed E-state index contributed by atoms with van der Waals surface area (Å²) >= 11 is 5.43. The Balaban J connectivity index is 0.000000123. The van der Waals surface area contributed by atoms with Gasteiger partial charge in [0.1, 0.15) is 0 Å². The molecule has 0 bridgehead atoms. The minimum absolute atomic E-state index is 1.08. The second-order valence-electron chi connectivity index (χ2n) is 6.59. The van der Waals surface area contributed by atoms with E-state index in [1.165, 1.54) is 42.1 Å². The van der Waals surface area contributed by atoms with Crippen molar-refractivity contribution < 1.29 is 0 Å². The fraction of sp³-hybridized carbons (Fsp3) is 0.0400. The van der Waals surface area contributed by atoms with E-state index in [0.29, 0.717) is 0 Å². The lowest BCUT2D eigenvalue weighted by atomic mass is 9.93. The molecule has 28 heavy (non-hydrogen) atoms. The molecule has 3 aromatic heterocycles. The van der Waals surface area contributed by atoms with Crippen LogP contribution in [0.15, 0.2) is 88.9 Å². The van der Waals surface area contributed by atoms with Gasteiger partial charge in [-0.25, -0.2) is 0 Å². The largest absolute Gasteiger partial charge is 0.144 e. The van der Waals surface area contributed by atoms with Gasteiger partial charge in [-0.05, 0) is 62.7 Å². The smallest absolute Gasteiger partial charge is 0.0529 e. The third-order valence-electron chi connectivity index (χ3n) is 4.86. The molecular formula is C25H18S3. The molecule has 0 aliphatic heterocycles. The molecule has 6 rings (SSSR count). The minimum atomic E-state index is 1.08. The van der Waals surface area contributed by atoms with Crippen molar-refractivity contribution in [2.24, 2.45) is 0 Å². The molecule has 3 heterocycles. The fourth-order valence-corrected chi connectivity index (χ4v) is 6.22. The molecule has 0 nitrogen and oxygen atoms in total. The first-order valence-corrected chi connectivity index (χ1v) is 11.9. The molecule has 0 spiro atoms. The predicted molar refractivity (Wildman–Crippen MR) is 128 cm³/mol. The molecule has 136 valence electrons. The average Bonchev–Trinajstić information content (AvgIpc) is 3.50. The van der Waals surface area contributed by atoms with Gasteiger partial charge in [-0.15, -0.1) is 34.0 Å². The number of benzene rings is 2. The second kappa shape index (κ2) is 7.88. The lowest BCUT2D eigenvalue weighted by molar-refractivity contribution is 1.29. The number of hydrogen-bond donors (Lipinski definition) is 0. The van der Waals surface area contributed by atoms with E-state index < -0.39 is 0 Å². The van der Waals surface area contributed by atoms with E-state index in [-0.39, 0.29) is 0 Å². The van der Waals surface area contributed by atoms with E-state index in [9.17, 15) is 0 Å². The highest BCUT2D eigenvalue weighted by molar-refractivity contribution is 7.21. The molecule has 0 atom stereocenters. The van der Waals surface area contributed by atoms with Crippen molar-refractivity contribution in [1.29, 1.82) is 0 Å². The first-order valence-electron chi connectivity index (χ1n) is 9.22. The minimum Gasteiger partial charge on any atom is -0.144 e. The zero-order valence-corrected chi connectivity index (χ0v) is 17.6. The molecule has 3 heteroatoms. The molecule has 0 saturated carbocycles. The molecule has 1 aliphatic carbocycles. The molecule has 0 N–H and O–H groups in total. The first-order chi connectivity index (χ1) is 13.9. The molecule has 5 aromatic rings. The summed E-state index contributed by atoms with van der Waals surface area (Å²) in [5.74, 6) is 0. The van der Waals surface area contributed by atoms with Gasteiger partial charge in [0.25, 0.3) is 0 Å². The fourth-order valence-electron chi connectivity index (χ4n) is 3.61. The number of thiophene rings is 3. The van der Waals surface area contributed by atoms with Crippen molar-refractivity contribution in [3.63, 3.8) is 0 Å². The monoisotopic (exact) mass is 414 g/mol. The summed E-state index contributed by atoms with van der Waals surface area (Å²) in [4.78, 5) is 4.13. The normalized spacial score (nSPS) is 12.0. The van der Waals surface area contributed by atoms with Gasteiger partial charge < -0.3 is 0 Å². The van der Waals surface area contributed by atoms with Gasteiger partial charge in [0.2, 0.25) is 0 Å². The lowest BCUT2D eigenvalue weighted by Gasteiger charge is -2.11. The van der Waals surface area contributed by atoms with Crippen molar-refractivity contribution in [3.8, 4) is 20.2 Å². The highest BCUT2D eigenvalue weighted by Gasteiger charge is 2.10. The van der Waals surface area contributed by atoms with E-state index >= 15 is 0 Å². The van der Waals surface area contributed by atoms with E-state index in [1.807, 2.05) is 22.7 Å². The highest BCUT2D eigenvalue weighted by Crippen LogP contribution is 2.40. The Bertz CT molecular complexity index is 1170. The van der Waals surface area contributed by atoms with Crippen LogP contribution in [0.2, 0.25) is 0 Å². The van der Waals surface area contributed by atoms with Gasteiger partial charge in [-0.3, -0.25) is 0 Å². The lowest BCUT2D eigenvalue weighted by Crippen LogP contribution is -1.91. The zero-order chi connectivity index (χ0) is 18.8. The third-order valence-corrected chi connectivity index (χ3v) is 7.72. The maximum atomic E-state index is 2.23. The van der Waals surface area contributed by atoms with Crippen molar-refractivity contribution in [2.75, 3.05) is 0 Å². The average molecular weight is 415 g/mol. The molecule has 0 fully saturated rings. The summed E-state index contributed by atoms with van der Waals surface area (Å²) in [5.41, 5.74) is 4.19. The maximum Gasteiger partial charge on any atom is 0.0529 e. The van der Waals surface area contributed by atoms with Gasteiger partial charge in [0.15, 0.2) is 0 Å². The topological polar surface area (TPSA) is 0 Å². The Morgan fingerprint density at radius 3 is 2.21 bits per heavy atom. The van der Waals surface area contributed by atoms with Crippen LogP contribution >= 0.6 is 34.0 Å². The van der Waals surface area contributed by atoms with Crippen LogP contribution in [0.1, 0.15) is 11.1 Å². The maximum absolute atomic E-state index is 2.23. The van der Waals surface area contributed by atoms with Crippen LogP contribution in [0.3, 0.4) is 0 Å². The molecular weight excluding hydrogens is 396 g/mol. The van der Waals surface area contributed by atoms with Crippen LogP contribution in [0.25, 0.3) is 37.0 Å². The van der Waals surface area contributed by atoms with Gasteiger partial charge in [-0.1, -0.05) is 60.7 Å². The van der Waals surface area contributed by atoms with Crippen LogP contribution in [0.5, 0.6) is 0 Å². The van der Waals surface area contributed by atoms with Gasteiger partial charge in [0, 0.05) is 15.3 Å². The molecule has 0 unspecified atom stereocenters. The van der Waals surface area contributed by atoms with Crippen LogP contribution in [0, 0.1) is 0 Å².